The molecule has 3 rings (SSSR count). The molecule has 0 atom stereocenters. The predicted octanol–water partition coefficient (Wildman–Crippen LogP) is 7.13. The van der Waals surface area contributed by atoms with Gasteiger partial charge in [-0.25, -0.2) is 9.59 Å². The lowest BCUT2D eigenvalue weighted by atomic mass is 9.87. The average Bonchev–Trinajstić information content (AvgIpc) is 3.02. The van der Waals surface area contributed by atoms with Crippen molar-refractivity contribution in [2.24, 2.45) is 5.92 Å². The summed E-state index contributed by atoms with van der Waals surface area (Å²) in [5, 5.41) is 0. The zero-order valence-corrected chi connectivity index (χ0v) is 25.4. The van der Waals surface area contributed by atoms with Crippen LogP contribution in [0.15, 0.2) is 36.9 Å². The highest BCUT2D eigenvalue weighted by Crippen LogP contribution is 2.30. The quantitative estimate of drug-likeness (QED) is 0.0775. The Hall–Kier alpha value is -2.87. The van der Waals surface area contributed by atoms with Crippen LogP contribution >= 0.6 is 0 Å². The molecule has 0 amide bonds. The van der Waals surface area contributed by atoms with E-state index in [1.807, 2.05) is 0 Å². The van der Waals surface area contributed by atoms with Gasteiger partial charge in [0, 0.05) is 12.7 Å². The second-order valence-electron chi connectivity index (χ2n) is 11.5. The van der Waals surface area contributed by atoms with E-state index in [-0.39, 0.29) is 42.1 Å². The van der Waals surface area contributed by atoms with E-state index in [4.69, 9.17) is 23.7 Å². The monoisotopic (exact) mass is 586 g/mol. The molecule has 0 aromatic heterocycles. The molecule has 0 heterocycles. The zero-order valence-electron chi connectivity index (χ0n) is 25.4. The Bertz CT molecular complexity index is 943. The van der Waals surface area contributed by atoms with Crippen molar-refractivity contribution in [2.75, 3.05) is 19.8 Å². The van der Waals surface area contributed by atoms with E-state index >= 15 is 0 Å². The summed E-state index contributed by atoms with van der Waals surface area (Å²) >= 11 is 0. The van der Waals surface area contributed by atoms with Crippen molar-refractivity contribution in [3.05, 3.63) is 42.5 Å². The van der Waals surface area contributed by atoms with Gasteiger partial charge in [0.25, 0.3) is 0 Å². The zero-order chi connectivity index (χ0) is 30.0. The first-order valence-corrected chi connectivity index (χ1v) is 16.0. The largest absolute Gasteiger partial charge is 0.494 e. The minimum Gasteiger partial charge on any atom is -0.494 e. The van der Waals surface area contributed by atoms with Gasteiger partial charge in [-0.3, -0.25) is 4.79 Å². The van der Waals surface area contributed by atoms with E-state index in [9.17, 15) is 14.4 Å². The fraction of sp³-hybridized carbons (Fsp3) is 0.676. The standard InChI is InChI=1S/C34H50O8/c1-3-5-8-23-38-28-15-11-26(12-16-28)33(36)41-30-19-21-31(22-20-30)42-34(37)27-13-17-29(18-14-27)39-24-9-6-7-10-25-40-32(35)4-2/h4,13-14,17-18,26,28,30-31H,2-3,5-12,15-16,19-25H2,1H3. The minimum absolute atomic E-state index is 0.0245. The Morgan fingerprint density at radius 1 is 0.738 bits per heavy atom. The predicted molar refractivity (Wildman–Crippen MR) is 160 cm³/mol. The van der Waals surface area contributed by atoms with Gasteiger partial charge in [-0.15, -0.1) is 0 Å². The van der Waals surface area contributed by atoms with E-state index < -0.39 is 0 Å². The molecule has 0 spiro atoms. The Labute approximate surface area is 251 Å². The number of carbonyl (C=O) groups excluding carboxylic acids is 3. The molecule has 2 fully saturated rings. The van der Waals surface area contributed by atoms with Gasteiger partial charge < -0.3 is 23.7 Å². The van der Waals surface area contributed by atoms with Crippen molar-refractivity contribution < 1.29 is 38.1 Å². The van der Waals surface area contributed by atoms with Crippen molar-refractivity contribution in [1.82, 2.24) is 0 Å². The van der Waals surface area contributed by atoms with Crippen LogP contribution in [-0.4, -0.2) is 56.0 Å². The topological polar surface area (TPSA) is 97.4 Å². The van der Waals surface area contributed by atoms with Crippen LogP contribution in [0.2, 0.25) is 0 Å². The first-order valence-electron chi connectivity index (χ1n) is 16.0. The van der Waals surface area contributed by atoms with Crippen LogP contribution in [0.3, 0.4) is 0 Å². The van der Waals surface area contributed by atoms with Gasteiger partial charge in [0.2, 0.25) is 0 Å². The molecule has 0 unspecified atom stereocenters. The number of ether oxygens (including phenoxy) is 5. The van der Waals surface area contributed by atoms with Crippen LogP contribution in [0.1, 0.15) is 114 Å². The average molecular weight is 587 g/mol. The van der Waals surface area contributed by atoms with Gasteiger partial charge in [-0.1, -0.05) is 26.3 Å². The van der Waals surface area contributed by atoms with Crippen LogP contribution in [0.5, 0.6) is 5.75 Å². The van der Waals surface area contributed by atoms with Crippen LogP contribution in [0, 0.1) is 5.92 Å². The molecule has 1 aromatic carbocycles. The molecule has 0 saturated heterocycles. The molecule has 2 aliphatic rings. The Kier molecular flexibility index (Phi) is 15.5. The summed E-state index contributed by atoms with van der Waals surface area (Å²) in [6.07, 6.45) is 14.7. The fourth-order valence-electron chi connectivity index (χ4n) is 5.48. The van der Waals surface area contributed by atoms with E-state index in [2.05, 4.69) is 13.5 Å². The summed E-state index contributed by atoms with van der Waals surface area (Å²) in [6, 6.07) is 7.02. The summed E-state index contributed by atoms with van der Waals surface area (Å²) in [5.74, 6) is -0.116. The molecule has 42 heavy (non-hydrogen) atoms. The summed E-state index contributed by atoms with van der Waals surface area (Å²) < 4.78 is 28.3. The second kappa shape index (κ2) is 19.3. The maximum absolute atomic E-state index is 12.7. The third-order valence-electron chi connectivity index (χ3n) is 8.10. The molecule has 0 N–H and O–H groups in total. The highest BCUT2D eigenvalue weighted by Gasteiger charge is 2.31. The SMILES string of the molecule is C=CC(=O)OCCCCCCOc1ccc(C(=O)OC2CCC(OC(=O)C3CCC(OCCCCC)CC3)CC2)cc1. The van der Waals surface area contributed by atoms with E-state index in [1.165, 1.54) is 18.9 Å². The molecule has 1 aromatic rings. The Morgan fingerprint density at radius 3 is 1.98 bits per heavy atom. The van der Waals surface area contributed by atoms with Gasteiger partial charge in [-0.05, 0) is 108 Å². The van der Waals surface area contributed by atoms with Crippen molar-refractivity contribution in [3.63, 3.8) is 0 Å². The lowest BCUT2D eigenvalue weighted by molar-refractivity contribution is -0.158. The number of rotatable bonds is 18. The van der Waals surface area contributed by atoms with Crippen LogP contribution in [0.25, 0.3) is 0 Å². The molecular weight excluding hydrogens is 536 g/mol. The van der Waals surface area contributed by atoms with Gasteiger partial charge in [-0.2, -0.15) is 0 Å². The Morgan fingerprint density at radius 2 is 1.33 bits per heavy atom. The maximum atomic E-state index is 12.7. The highest BCUT2D eigenvalue weighted by molar-refractivity contribution is 5.89. The summed E-state index contributed by atoms with van der Waals surface area (Å²) in [7, 11) is 0. The molecule has 0 aliphatic heterocycles. The number of unbranched alkanes of at least 4 members (excludes halogenated alkanes) is 5. The lowest BCUT2D eigenvalue weighted by Crippen LogP contribution is -2.33. The highest BCUT2D eigenvalue weighted by atomic mass is 16.6. The van der Waals surface area contributed by atoms with Crippen molar-refractivity contribution in [2.45, 2.75) is 122 Å². The van der Waals surface area contributed by atoms with Gasteiger partial charge in [0.05, 0.1) is 30.8 Å². The first-order chi connectivity index (χ1) is 20.5. The summed E-state index contributed by atoms with van der Waals surface area (Å²) in [6.45, 7) is 7.37. The molecule has 8 heteroatoms. The first kappa shape index (κ1) is 33.6. The minimum atomic E-state index is -0.386. The van der Waals surface area contributed by atoms with E-state index in [1.54, 1.807) is 24.3 Å². The smallest absolute Gasteiger partial charge is 0.338 e. The van der Waals surface area contributed by atoms with Crippen molar-refractivity contribution in [3.8, 4) is 5.75 Å². The normalized spacial score (nSPS) is 22.1. The number of esters is 3. The number of carbonyl (C=O) groups is 3. The van der Waals surface area contributed by atoms with Crippen LogP contribution in [0.4, 0.5) is 0 Å². The van der Waals surface area contributed by atoms with Crippen molar-refractivity contribution >= 4 is 17.9 Å². The van der Waals surface area contributed by atoms with Crippen LogP contribution < -0.4 is 4.74 Å². The van der Waals surface area contributed by atoms with Gasteiger partial charge in [0.1, 0.15) is 18.0 Å². The molecule has 0 bridgehead atoms. The third kappa shape index (κ3) is 12.6. The number of benzene rings is 1. The Balaban J connectivity index is 1.25. The molecular formula is C34H50O8. The molecule has 8 nitrogen and oxygen atoms in total. The van der Waals surface area contributed by atoms with Gasteiger partial charge >= 0.3 is 17.9 Å². The lowest BCUT2D eigenvalue weighted by Gasteiger charge is -2.31. The van der Waals surface area contributed by atoms with E-state index in [0.717, 1.165) is 64.4 Å². The molecule has 2 aliphatic carbocycles. The fourth-order valence-corrected chi connectivity index (χ4v) is 5.48. The summed E-state index contributed by atoms with van der Waals surface area (Å²) in [5.41, 5.74) is 0.495. The molecule has 0 radical (unpaired) electrons. The van der Waals surface area contributed by atoms with Crippen LogP contribution in [-0.2, 0) is 28.5 Å². The molecule has 234 valence electrons. The second-order valence-corrected chi connectivity index (χ2v) is 11.5. The molecule has 2 saturated carbocycles. The maximum Gasteiger partial charge on any atom is 0.338 e. The van der Waals surface area contributed by atoms with E-state index in [0.29, 0.717) is 50.2 Å². The number of hydrogen-bond acceptors (Lipinski definition) is 8. The summed E-state index contributed by atoms with van der Waals surface area (Å²) in [4.78, 5) is 36.4. The third-order valence-corrected chi connectivity index (χ3v) is 8.10. The van der Waals surface area contributed by atoms with Gasteiger partial charge in [0.15, 0.2) is 0 Å². The van der Waals surface area contributed by atoms with Crippen molar-refractivity contribution in [1.29, 1.82) is 0 Å². The number of hydrogen-bond donors (Lipinski definition) is 0.